The van der Waals surface area contributed by atoms with Gasteiger partial charge in [0.2, 0.25) is 0 Å². The predicted molar refractivity (Wildman–Crippen MR) is 113 cm³/mol. The van der Waals surface area contributed by atoms with E-state index in [1.807, 2.05) is 6.92 Å². The Morgan fingerprint density at radius 1 is 1.19 bits per heavy atom. The molecule has 0 spiro atoms. The number of aliphatic hydroxyl groups is 1. The molecule has 1 saturated heterocycles. The van der Waals surface area contributed by atoms with Gasteiger partial charge in [-0.15, -0.1) is 0 Å². The molecule has 0 aromatic heterocycles. The summed E-state index contributed by atoms with van der Waals surface area (Å²) in [4.78, 5) is 38.5. The number of ether oxygens (including phenoxy) is 1. The molecule has 1 aliphatic rings. The highest BCUT2D eigenvalue weighted by Crippen LogP contribution is 2.40. The average Bonchev–Trinajstić information content (AvgIpc) is 2.98. The van der Waals surface area contributed by atoms with Crippen molar-refractivity contribution in [3.05, 3.63) is 70.5 Å². The van der Waals surface area contributed by atoms with Crippen molar-refractivity contribution in [1.29, 1.82) is 0 Å². The van der Waals surface area contributed by atoms with Gasteiger partial charge in [0.25, 0.3) is 11.7 Å². The van der Waals surface area contributed by atoms with Crippen molar-refractivity contribution in [2.24, 2.45) is 0 Å². The topological polar surface area (TPSA) is 83.9 Å². The first-order valence-electron chi connectivity index (χ1n) is 10.1. The van der Waals surface area contributed by atoms with Crippen molar-refractivity contribution < 1.29 is 28.6 Å². The fraction of sp³-hybridized carbons (Fsp3) is 0.292. The number of nitrogens with zero attached hydrogens (tertiary/aromatic N) is 1. The minimum absolute atomic E-state index is 0.0768. The number of aliphatic hydroxyl groups excluding tert-OH is 1. The number of hydrogen-bond donors (Lipinski definition) is 1. The van der Waals surface area contributed by atoms with Gasteiger partial charge in [-0.25, -0.2) is 4.39 Å². The number of amides is 1. The number of hydrogen-bond acceptors (Lipinski definition) is 5. The smallest absolute Gasteiger partial charge is 0.308 e. The van der Waals surface area contributed by atoms with E-state index >= 15 is 0 Å². The van der Waals surface area contributed by atoms with Crippen molar-refractivity contribution in [2.75, 3.05) is 6.54 Å². The molecule has 7 heteroatoms. The molecule has 6 nitrogen and oxygen atoms in total. The number of ketones is 1. The zero-order chi connectivity index (χ0) is 22.7. The zero-order valence-corrected chi connectivity index (χ0v) is 17.6. The van der Waals surface area contributed by atoms with Gasteiger partial charge in [-0.05, 0) is 54.8 Å². The van der Waals surface area contributed by atoms with Crippen LogP contribution in [-0.4, -0.2) is 34.2 Å². The zero-order valence-electron chi connectivity index (χ0n) is 17.6. The highest BCUT2D eigenvalue weighted by atomic mass is 19.1. The minimum atomic E-state index is -0.854. The molecule has 162 valence electrons. The lowest BCUT2D eigenvalue weighted by molar-refractivity contribution is -0.139. The normalized spacial score (nSPS) is 17.8. The molecule has 31 heavy (non-hydrogen) atoms. The maximum absolute atomic E-state index is 13.7. The van der Waals surface area contributed by atoms with Crippen LogP contribution < -0.4 is 4.74 Å². The van der Waals surface area contributed by atoms with Gasteiger partial charge in [-0.3, -0.25) is 14.4 Å². The van der Waals surface area contributed by atoms with Crippen LogP contribution >= 0.6 is 0 Å². The minimum Gasteiger partial charge on any atom is -0.507 e. The van der Waals surface area contributed by atoms with Gasteiger partial charge < -0.3 is 14.7 Å². The Morgan fingerprint density at radius 3 is 2.58 bits per heavy atom. The van der Waals surface area contributed by atoms with Crippen LogP contribution in [-0.2, 0) is 14.4 Å². The molecule has 2 aromatic carbocycles. The molecule has 1 atom stereocenters. The van der Waals surface area contributed by atoms with Crippen molar-refractivity contribution >= 4 is 23.4 Å². The van der Waals surface area contributed by atoms with Crippen LogP contribution in [0, 0.1) is 12.7 Å². The molecule has 1 amide bonds. The van der Waals surface area contributed by atoms with E-state index in [1.165, 1.54) is 30.0 Å². The van der Waals surface area contributed by atoms with Crippen LogP contribution in [0.5, 0.6) is 5.75 Å². The summed E-state index contributed by atoms with van der Waals surface area (Å²) >= 11 is 0. The van der Waals surface area contributed by atoms with E-state index < -0.39 is 29.5 Å². The van der Waals surface area contributed by atoms with E-state index in [-0.39, 0.29) is 22.6 Å². The van der Waals surface area contributed by atoms with Crippen molar-refractivity contribution in [1.82, 2.24) is 4.90 Å². The summed E-state index contributed by atoms with van der Waals surface area (Å²) in [6.07, 6.45) is 1.48. The van der Waals surface area contributed by atoms with Gasteiger partial charge in [0.1, 0.15) is 17.3 Å². The molecule has 1 heterocycles. The number of likely N-dealkylation sites (tertiary alicyclic amines) is 1. The second kappa shape index (κ2) is 9.12. The molecule has 0 bridgehead atoms. The van der Waals surface area contributed by atoms with E-state index in [1.54, 1.807) is 31.2 Å². The number of esters is 1. The third-order valence-corrected chi connectivity index (χ3v) is 5.16. The Balaban J connectivity index is 2.17. The molecule has 3 rings (SSSR count). The predicted octanol–water partition coefficient (Wildman–Crippen LogP) is 4.28. The first kappa shape index (κ1) is 22.2. The van der Waals surface area contributed by atoms with Gasteiger partial charge in [-0.1, -0.05) is 25.5 Å². The highest BCUT2D eigenvalue weighted by molar-refractivity contribution is 6.46. The van der Waals surface area contributed by atoms with Crippen LogP contribution in [0.2, 0.25) is 0 Å². The maximum Gasteiger partial charge on any atom is 0.308 e. The number of carbonyl (C=O) groups is 3. The quantitative estimate of drug-likeness (QED) is 0.246. The molecule has 1 aliphatic heterocycles. The van der Waals surface area contributed by atoms with Crippen molar-refractivity contribution in [2.45, 2.75) is 39.7 Å². The molecule has 0 aliphatic carbocycles. The molecule has 1 unspecified atom stereocenters. The Morgan fingerprint density at radius 2 is 1.94 bits per heavy atom. The second-order valence-corrected chi connectivity index (χ2v) is 7.48. The number of aryl methyl sites for hydroxylation is 1. The Hall–Kier alpha value is -3.48. The lowest BCUT2D eigenvalue weighted by Gasteiger charge is -2.25. The first-order valence-corrected chi connectivity index (χ1v) is 10.1. The fourth-order valence-electron chi connectivity index (χ4n) is 3.65. The summed E-state index contributed by atoms with van der Waals surface area (Å²) < 4.78 is 18.8. The molecule has 1 fully saturated rings. The largest absolute Gasteiger partial charge is 0.507 e. The van der Waals surface area contributed by atoms with E-state index in [9.17, 15) is 23.9 Å². The monoisotopic (exact) mass is 425 g/mol. The van der Waals surface area contributed by atoms with E-state index in [2.05, 4.69) is 0 Å². The lowest BCUT2D eigenvalue weighted by Crippen LogP contribution is -2.30. The van der Waals surface area contributed by atoms with Gasteiger partial charge in [-0.2, -0.15) is 0 Å². The third-order valence-electron chi connectivity index (χ3n) is 5.16. The van der Waals surface area contributed by atoms with E-state index in [0.29, 0.717) is 24.1 Å². The Kier molecular flexibility index (Phi) is 6.53. The van der Waals surface area contributed by atoms with E-state index in [4.69, 9.17) is 4.74 Å². The van der Waals surface area contributed by atoms with E-state index in [0.717, 1.165) is 6.42 Å². The maximum atomic E-state index is 13.7. The first-order chi connectivity index (χ1) is 14.7. The van der Waals surface area contributed by atoms with Gasteiger partial charge in [0, 0.05) is 19.0 Å². The van der Waals surface area contributed by atoms with Gasteiger partial charge in [0.05, 0.1) is 11.6 Å². The molecular formula is C24H24FNO5. The number of benzene rings is 2. The summed E-state index contributed by atoms with van der Waals surface area (Å²) in [7, 11) is 0. The number of carbonyl (C=O) groups excluding carboxylic acids is 3. The Labute approximate surface area is 179 Å². The fourth-order valence-corrected chi connectivity index (χ4v) is 3.65. The Bertz CT molecular complexity index is 1080. The number of halogens is 1. The second-order valence-electron chi connectivity index (χ2n) is 7.48. The molecular weight excluding hydrogens is 401 g/mol. The van der Waals surface area contributed by atoms with Crippen LogP contribution in [0.15, 0.2) is 48.0 Å². The van der Waals surface area contributed by atoms with Gasteiger partial charge in [0.15, 0.2) is 0 Å². The summed E-state index contributed by atoms with van der Waals surface area (Å²) in [5.74, 6) is -2.56. The third kappa shape index (κ3) is 4.50. The van der Waals surface area contributed by atoms with Gasteiger partial charge >= 0.3 is 5.97 Å². The van der Waals surface area contributed by atoms with Crippen molar-refractivity contribution in [3.8, 4) is 5.75 Å². The molecule has 0 radical (unpaired) electrons. The van der Waals surface area contributed by atoms with Crippen LogP contribution in [0.1, 0.15) is 49.4 Å². The molecule has 0 saturated carbocycles. The number of Topliss-reactive ketones (excluding diaryl/α,β-unsaturated/α-hetero) is 1. The van der Waals surface area contributed by atoms with Crippen molar-refractivity contribution in [3.63, 3.8) is 0 Å². The van der Waals surface area contributed by atoms with Crippen LogP contribution in [0.4, 0.5) is 4.39 Å². The molecule has 1 N–H and O–H groups in total. The standard InChI is InChI=1S/C24H24FNO5/c1-4-5-11-26-21(16-7-6-8-18(13-16)31-15(3)27)20(23(29)24(26)30)22(28)17-9-10-19(25)14(2)12-17/h6-10,12-13,21,28H,4-5,11H2,1-3H3/b22-20-. The summed E-state index contributed by atoms with van der Waals surface area (Å²) in [6, 6.07) is 9.65. The summed E-state index contributed by atoms with van der Waals surface area (Å²) in [6.45, 7) is 5.11. The van der Waals surface area contributed by atoms with Crippen LogP contribution in [0.3, 0.4) is 0 Å². The highest BCUT2D eigenvalue weighted by Gasteiger charge is 2.45. The average molecular weight is 425 g/mol. The lowest BCUT2D eigenvalue weighted by atomic mass is 9.94. The molecule has 2 aromatic rings. The number of unbranched alkanes of at least 4 members (excludes halogenated alkanes) is 1. The summed E-state index contributed by atoms with van der Waals surface area (Å²) in [5, 5.41) is 11.0. The number of rotatable bonds is 6. The van der Waals surface area contributed by atoms with Crippen LogP contribution in [0.25, 0.3) is 5.76 Å². The summed E-state index contributed by atoms with van der Waals surface area (Å²) in [5.41, 5.74) is 0.993. The SMILES string of the molecule is CCCCN1C(=O)C(=O)/C(=C(\O)c2ccc(F)c(C)c2)C1c1cccc(OC(C)=O)c1.